The van der Waals surface area contributed by atoms with Gasteiger partial charge in [0.25, 0.3) is 0 Å². The first kappa shape index (κ1) is 12.2. The van der Waals surface area contributed by atoms with Crippen molar-refractivity contribution in [2.75, 3.05) is 6.54 Å². The van der Waals surface area contributed by atoms with Gasteiger partial charge in [-0.15, -0.1) is 0 Å². The Labute approximate surface area is 113 Å². The second-order valence-electron chi connectivity index (χ2n) is 5.18. The Bertz CT molecular complexity index is 578. The Morgan fingerprint density at radius 2 is 1.95 bits per heavy atom. The molecule has 0 aliphatic carbocycles. The van der Waals surface area contributed by atoms with Crippen molar-refractivity contribution in [2.24, 2.45) is 0 Å². The summed E-state index contributed by atoms with van der Waals surface area (Å²) in [6, 6.07) is 3.93. The summed E-state index contributed by atoms with van der Waals surface area (Å²) in [5, 5.41) is 3.41. The molecule has 4 nitrogen and oxygen atoms in total. The van der Waals surface area contributed by atoms with E-state index in [1.165, 1.54) is 17.0 Å². The van der Waals surface area contributed by atoms with Crippen molar-refractivity contribution in [1.82, 2.24) is 20.3 Å². The molecule has 1 N–H and O–H groups in total. The number of pyridine rings is 1. The van der Waals surface area contributed by atoms with E-state index < -0.39 is 0 Å². The molecule has 2 aromatic rings. The smallest absolute Gasteiger partial charge is 0.159 e. The summed E-state index contributed by atoms with van der Waals surface area (Å²) in [6.07, 6.45) is 4.55. The first-order valence-electron chi connectivity index (χ1n) is 6.76. The molecule has 0 saturated heterocycles. The van der Waals surface area contributed by atoms with Crippen molar-refractivity contribution < 1.29 is 0 Å². The highest BCUT2D eigenvalue weighted by molar-refractivity contribution is 5.55. The molecule has 0 bridgehead atoms. The molecule has 0 saturated carbocycles. The molecule has 0 atom stereocenters. The molecule has 0 radical (unpaired) electrons. The highest BCUT2D eigenvalue weighted by atomic mass is 15.0. The Hall–Kier alpha value is -1.81. The maximum Gasteiger partial charge on any atom is 0.159 e. The van der Waals surface area contributed by atoms with Crippen LogP contribution in [0.4, 0.5) is 0 Å². The second-order valence-corrected chi connectivity index (χ2v) is 5.18. The van der Waals surface area contributed by atoms with Crippen molar-refractivity contribution in [2.45, 2.75) is 32.7 Å². The summed E-state index contributed by atoms with van der Waals surface area (Å²) in [4.78, 5) is 13.6. The summed E-state index contributed by atoms with van der Waals surface area (Å²) < 4.78 is 0. The van der Waals surface area contributed by atoms with Crippen LogP contribution >= 0.6 is 0 Å². The molecule has 0 fully saturated rings. The quantitative estimate of drug-likeness (QED) is 0.893. The van der Waals surface area contributed by atoms with E-state index in [0.29, 0.717) is 5.92 Å². The van der Waals surface area contributed by atoms with Crippen molar-refractivity contribution in [3.63, 3.8) is 0 Å². The zero-order valence-electron chi connectivity index (χ0n) is 11.3. The highest BCUT2D eigenvalue weighted by Gasteiger charge is 2.19. The van der Waals surface area contributed by atoms with Gasteiger partial charge in [-0.2, -0.15) is 0 Å². The lowest BCUT2D eigenvalue weighted by molar-refractivity contribution is 0.609. The second kappa shape index (κ2) is 5.05. The molecule has 3 rings (SSSR count). The van der Waals surface area contributed by atoms with Gasteiger partial charge in [-0.05, 0) is 18.1 Å². The third kappa shape index (κ3) is 2.36. The van der Waals surface area contributed by atoms with Crippen LogP contribution in [0.3, 0.4) is 0 Å². The molecule has 0 spiro atoms. The van der Waals surface area contributed by atoms with Gasteiger partial charge in [0.05, 0.1) is 11.4 Å². The Morgan fingerprint density at radius 3 is 2.68 bits per heavy atom. The van der Waals surface area contributed by atoms with E-state index in [4.69, 9.17) is 9.97 Å². The SMILES string of the molecule is CC(C)c1nc(-c2ccncc2)nc2c1CNCC2. The van der Waals surface area contributed by atoms with E-state index in [-0.39, 0.29) is 0 Å². The lowest BCUT2D eigenvalue weighted by Crippen LogP contribution is -2.27. The molecular weight excluding hydrogens is 236 g/mol. The lowest BCUT2D eigenvalue weighted by atomic mass is 9.98. The maximum atomic E-state index is 4.78. The summed E-state index contributed by atoms with van der Waals surface area (Å²) in [5.41, 5.74) is 4.70. The number of fused-ring (bicyclic) bond motifs is 1. The highest BCUT2D eigenvalue weighted by Crippen LogP contribution is 2.25. The molecule has 4 heteroatoms. The van der Waals surface area contributed by atoms with Crippen molar-refractivity contribution in [3.05, 3.63) is 41.5 Å². The Balaban J connectivity index is 2.14. The Morgan fingerprint density at radius 1 is 1.16 bits per heavy atom. The van der Waals surface area contributed by atoms with Crippen molar-refractivity contribution in [3.8, 4) is 11.4 Å². The number of nitrogens with zero attached hydrogens (tertiary/aromatic N) is 3. The minimum absolute atomic E-state index is 0.414. The monoisotopic (exact) mass is 254 g/mol. The molecule has 0 amide bonds. The van der Waals surface area contributed by atoms with Crippen LogP contribution in [0.2, 0.25) is 0 Å². The van der Waals surface area contributed by atoms with Crippen LogP contribution in [-0.4, -0.2) is 21.5 Å². The van der Waals surface area contributed by atoms with E-state index in [2.05, 4.69) is 24.1 Å². The molecule has 0 unspecified atom stereocenters. The standard InChI is InChI=1S/C15H18N4/c1-10(2)14-12-9-17-8-5-13(12)18-15(19-14)11-3-6-16-7-4-11/h3-4,6-7,10,17H,5,8-9H2,1-2H3. The fourth-order valence-electron chi connectivity index (χ4n) is 2.48. The molecule has 0 aromatic carbocycles. The fourth-order valence-corrected chi connectivity index (χ4v) is 2.48. The van der Waals surface area contributed by atoms with Crippen LogP contribution in [0.25, 0.3) is 11.4 Å². The summed E-state index contributed by atoms with van der Waals surface area (Å²) in [5.74, 6) is 1.24. The average Bonchev–Trinajstić information content (AvgIpc) is 2.47. The van der Waals surface area contributed by atoms with Crippen molar-refractivity contribution in [1.29, 1.82) is 0 Å². The zero-order valence-corrected chi connectivity index (χ0v) is 11.3. The fraction of sp³-hybridized carbons (Fsp3) is 0.400. The van der Waals surface area contributed by atoms with E-state index in [9.17, 15) is 0 Å². The van der Waals surface area contributed by atoms with Gasteiger partial charge in [0.15, 0.2) is 5.82 Å². The summed E-state index contributed by atoms with van der Waals surface area (Å²) in [6.45, 7) is 6.26. The van der Waals surface area contributed by atoms with Gasteiger partial charge in [-0.25, -0.2) is 9.97 Å². The van der Waals surface area contributed by atoms with E-state index >= 15 is 0 Å². The van der Waals surface area contributed by atoms with Gasteiger partial charge >= 0.3 is 0 Å². The van der Waals surface area contributed by atoms with Crippen LogP contribution in [0.1, 0.15) is 36.7 Å². The lowest BCUT2D eigenvalue weighted by Gasteiger charge is -2.21. The van der Waals surface area contributed by atoms with E-state index in [1.54, 1.807) is 12.4 Å². The molecule has 98 valence electrons. The molecule has 1 aliphatic rings. The first-order chi connectivity index (χ1) is 9.25. The first-order valence-corrected chi connectivity index (χ1v) is 6.76. The van der Waals surface area contributed by atoms with Crippen LogP contribution in [0, 0.1) is 0 Å². The van der Waals surface area contributed by atoms with Gasteiger partial charge in [0, 0.05) is 43.0 Å². The topological polar surface area (TPSA) is 50.7 Å². The van der Waals surface area contributed by atoms with Crippen LogP contribution < -0.4 is 5.32 Å². The third-order valence-corrected chi connectivity index (χ3v) is 3.45. The van der Waals surface area contributed by atoms with Gasteiger partial charge in [-0.1, -0.05) is 13.8 Å². The van der Waals surface area contributed by atoms with Gasteiger partial charge < -0.3 is 5.32 Å². The molecule has 19 heavy (non-hydrogen) atoms. The minimum Gasteiger partial charge on any atom is -0.312 e. The summed E-state index contributed by atoms with van der Waals surface area (Å²) in [7, 11) is 0. The molecule has 3 heterocycles. The largest absolute Gasteiger partial charge is 0.312 e. The number of hydrogen-bond acceptors (Lipinski definition) is 4. The zero-order chi connectivity index (χ0) is 13.2. The van der Waals surface area contributed by atoms with Crippen LogP contribution in [0.15, 0.2) is 24.5 Å². The van der Waals surface area contributed by atoms with Gasteiger partial charge in [-0.3, -0.25) is 4.98 Å². The predicted molar refractivity (Wildman–Crippen MR) is 74.8 cm³/mol. The molecule has 1 aliphatic heterocycles. The minimum atomic E-state index is 0.414. The number of hydrogen-bond donors (Lipinski definition) is 1. The maximum absolute atomic E-state index is 4.78. The van der Waals surface area contributed by atoms with E-state index in [0.717, 1.165) is 30.9 Å². The van der Waals surface area contributed by atoms with Gasteiger partial charge in [0.1, 0.15) is 0 Å². The van der Waals surface area contributed by atoms with Crippen LogP contribution in [0.5, 0.6) is 0 Å². The average molecular weight is 254 g/mol. The van der Waals surface area contributed by atoms with Gasteiger partial charge in [0.2, 0.25) is 0 Å². The van der Waals surface area contributed by atoms with Crippen molar-refractivity contribution >= 4 is 0 Å². The van der Waals surface area contributed by atoms with Crippen LogP contribution in [-0.2, 0) is 13.0 Å². The number of aromatic nitrogens is 3. The Kier molecular flexibility index (Phi) is 3.25. The number of nitrogens with one attached hydrogen (secondary N) is 1. The normalized spacial score (nSPS) is 14.5. The molecule has 2 aromatic heterocycles. The summed E-state index contributed by atoms with van der Waals surface area (Å²) >= 11 is 0. The third-order valence-electron chi connectivity index (χ3n) is 3.45. The van der Waals surface area contributed by atoms with E-state index in [1.807, 2.05) is 12.1 Å². The molecular formula is C15H18N4. The number of rotatable bonds is 2. The predicted octanol–water partition coefficient (Wildman–Crippen LogP) is 2.31.